The van der Waals surface area contributed by atoms with Crippen LogP contribution in [0, 0.1) is 0 Å². The van der Waals surface area contributed by atoms with Crippen LogP contribution in [0.1, 0.15) is 12.5 Å². The van der Waals surface area contributed by atoms with Gasteiger partial charge >= 0.3 is 12.0 Å². The summed E-state index contributed by atoms with van der Waals surface area (Å²) in [6.07, 6.45) is 3.34. The average molecular weight is 263 g/mol. The number of rotatable bonds is 6. The molecule has 102 valence electrons. The summed E-state index contributed by atoms with van der Waals surface area (Å²) in [7, 11) is 0. The van der Waals surface area contributed by atoms with Crippen LogP contribution in [0.3, 0.4) is 0 Å². The number of hydrogen-bond acceptors (Lipinski definition) is 4. The van der Waals surface area contributed by atoms with Gasteiger partial charge < -0.3 is 15.4 Å². The van der Waals surface area contributed by atoms with Gasteiger partial charge in [0.25, 0.3) is 0 Å². The highest BCUT2D eigenvalue weighted by Gasteiger charge is 2.03. The van der Waals surface area contributed by atoms with Crippen LogP contribution < -0.4 is 10.6 Å². The predicted molar refractivity (Wildman–Crippen MR) is 70.2 cm³/mol. The second-order valence-electron chi connectivity index (χ2n) is 3.89. The summed E-state index contributed by atoms with van der Waals surface area (Å²) in [6, 6.07) is 3.34. The Labute approximate surface area is 111 Å². The third kappa shape index (κ3) is 6.21. The van der Waals surface area contributed by atoms with Gasteiger partial charge in [-0.1, -0.05) is 12.6 Å². The minimum absolute atomic E-state index is 0.117. The van der Waals surface area contributed by atoms with Crippen molar-refractivity contribution in [3.05, 3.63) is 42.2 Å². The molecule has 0 atom stereocenters. The van der Waals surface area contributed by atoms with E-state index in [0.29, 0.717) is 12.1 Å². The molecular formula is C13H17N3O3. The molecule has 0 saturated carbocycles. The van der Waals surface area contributed by atoms with Crippen LogP contribution in [-0.2, 0) is 16.1 Å². The van der Waals surface area contributed by atoms with E-state index < -0.39 is 5.97 Å². The molecular weight excluding hydrogens is 246 g/mol. The number of amides is 2. The molecule has 0 radical (unpaired) electrons. The summed E-state index contributed by atoms with van der Waals surface area (Å²) >= 11 is 0. The fraction of sp³-hybridized carbons (Fsp3) is 0.308. The van der Waals surface area contributed by atoms with E-state index in [0.717, 1.165) is 5.56 Å². The van der Waals surface area contributed by atoms with Gasteiger partial charge in [-0.25, -0.2) is 9.59 Å². The number of pyridine rings is 1. The summed E-state index contributed by atoms with van der Waals surface area (Å²) in [5, 5.41) is 5.23. The number of esters is 1. The molecule has 0 bridgehead atoms. The van der Waals surface area contributed by atoms with E-state index in [-0.39, 0.29) is 19.2 Å². The van der Waals surface area contributed by atoms with Crippen molar-refractivity contribution >= 4 is 12.0 Å². The molecule has 19 heavy (non-hydrogen) atoms. The monoisotopic (exact) mass is 263 g/mol. The van der Waals surface area contributed by atoms with E-state index in [4.69, 9.17) is 4.74 Å². The Balaban J connectivity index is 2.12. The van der Waals surface area contributed by atoms with E-state index in [2.05, 4.69) is 22.2 Å². The molecule has 2 N–H and O–H groups in total. The van der Waals surface area contributed by atoms with Gasteiger partial charge in [0.2, 0.25) is 0 Å². The Morgan fingerprint density at radius 2 is 2.21 bits per heavy atom. The van der Waals surface area contributed by atoms with Gasteiger partial charge in [0.15, 0.2) is 0 Å². The molecule has 0 aliphatic carbocycles. The molecule has 0 aliphatic rings. The number of ether oxygens (including phenoxy) is 1. The van der Waals surface area contributed by atoms with E-state index in [1.165, 1.54) is 0 Å². The lowest BCUT2D eigenvalue weighted by Crippen LogP contribution is -2.37. The summed E-state index contributed by atoms with van der Waals surface area (Å²) in [5.74, 6) is -0.461. The maximum Gasteiger partial charge on any atom is 0.333 e. The summed E-state index contributed by atoms with van der Waals surface area (Å²) in [5.41, 5.74) is 1.24. The van der Waals surface area contributed by atoms with Crippen LogP contribution >= 0.6 is 0 Å². The van der Waals surface area contributed by atoms with Gasteiger partial charge in [0.1, 0.15) is 6.61 Å². The molecule has 0 spiro atoms. The molecule has 1 heterocycles. The van der Waals surface area contributed by atoms with Gasteiger partial charge in [0, 0.05) is 24.5 Å². The summed E-state index contributed by atoms with van der Waals surface area (Å²) in [4.78, 5) is 26.4. The van der Waals surface area contributed by atoms with Gasteiger partial charge in [0.05, 0.1) is 6.54 Å². The first-order valence-electron chi connectivity index (χ1n) is 5.83. The topological polar surface area (TPSA) is 80.3 Å². The van der Waals surface area contributed by atoms with E-state index in [1.807, 2.05) is 6.07 Å². The zero-order chi connectivity index (χ0) is 14.1. The molecule has 1 aromatic rings. The molecule has 0 aliphatic heterocycles. The molecule has 6 nitrogen and oxygen atoms in total. The van der Waals surface area contributed by atoms with E-state index in [1.54, 1.807) is 25.4 Å². The molecule has 2 amide bonds. The Morgan fingerprint density at radius 1 is 1.42 bits per heavy atom. The largest absolute Gasteiger partial charge is 0.460 e. The maximum atomic E-state index is 11.4. The number of nitrogens with zero attached hydrogens (tertiary/aromatic N) is 1. The highest BCUT2D eigenvalue weighted by molar-refractivity contribution is 5.86. The van der Waals surface area contributed by atoms with E-state index in [9.17, 15) is 9.59 Å². The maximum absolute atomic E-state index is 11.4. The number of carbonyl (C=O) groups is 2. The lowest BCUT2D eigenvalue weighted by molar-refractivity contribution is -0.138. The third-order valence-corrected chi connectivity index (χ3v) is 2.15. The molecule has 0 aromatic carbocycles. The van der Waals surface area contributed by atoms with Crippen LogP contribution in [-0.4, -0.2) is 30.1 Å². The van der Waals surface area contributed by atoms with Crippen molar-refractivity contribution in [1.82, 2.24) is 15.6 Å². The van der Waals surface area contributed by atoms with Gasteiger partial charge in [-0.05, 0) is 18.6 Å². The lowest BCUT2D eigenvalue weighted by atomic mass is 10.3. The Morgan fingerprint density at radius 3 is 2.84 bits per heavy atom. The van der Waals surface area contributed by atoms with Crippen molar-refractivity contribution in [1.29, 1.82) is 0 Å². The Kier molecular flexibility index (Phi) is 6.08. The van der Waals surface area contributed by atoms with Gasteiger partial charge in [-0.2, -0.15) is 0 Å². The second-order valence-corrected chi connectivity index (χ2v) is 3.89. The molecule has 0 saturated heterocycles. The zero-order valence-corrected chi connectivity index (χ0v) is 10.8. The first kappa shape index (κ1) is 14.7. The quantitative estimate of drug-likeness (QED) is 0.456. The molecule has 1 aromatic heterocycles. The summed E-state index contributed by atoms with van der Waals surface area (Å²) < 4.78 is 4.83. The SMILES string of the molecule is C=C(C)C(=O)OCCNC(=O)NCc1cccnc1. The lowest BCUT2D eigenvalue weighted by Gasteiger charge is -2.08. The fourth-order valence-corrected chi connectivity index (χ4v) is 1.18. The van der Waals surface area contributed by atoms with Crippen molar-refractivity contribution < 1.29 is 14.3 Å². The van der Waals surface area contributed by atoms with Crippen molar-refractivity contribution in [2.45, 2.75) is 13.5 Å². The minimum Gasteiger partial charge on any atom is -0.460 e. The van der Waals surface area contributed by atoms with Crippen LogP contribution in [0.4, 0.5) is 4.79 Å². The number of carbonyl (C=O) groups excluding carboxylic acids is 2. The molecule has 0 unspecified atom stereocenters. The highest BCUT2D eigenvalue weighted by Crippen LogP contribution is 1.94. The zero-order valence-electron chi connectivity index (χ0n) is 10.8. The van der Waals surface area contributed by atoms with E-state index >= 15 is 0 Å². The highest BCUT2D eigenvalue weighted by atomic mass is 16.5. The van der Waals surface area contributed by atoms with Crippen LogP contribution in [0.5, 0.6) is 0 Å². The molecule has 6 heteroatoms. The molecule has 1 rings (SSSR count). The van der Waals surface area contributed by atoms with Crippen LogP contribution in [0.25, 0.3) is 0 Å². The van der Waals surface area contributed by atoms with Crippen molar-refractivity contribution in [3.63, 3.8) is 0 Å². The Hall–Kier alpha value is -2.37. The molecule has 0 fully saturated rings. The summed E-state index contributed by atoms with van der Waals surface area (Å²) in [6.45, 7) is 5.78. The first-order valence-corrected chi connectivity index (χ1v) is 5.83. The van der Waals surface area contributed by atoms with Crippen molar-refractivity contribution in [2.75, 3.05) is 13.2 Å². The fourth-order valence-electron chi connectivity index (χ4n) is 1.18. The van der Waals surface area contributed by atoms with Crippen molar-refractivity contribution in [2.24, 2.45) is 0 Å². The minimum atomic E-state index is -0.461. The third-order valence-electron chi connectivity index (χ3n) is 2.15. The first-order chi connectivity index (χ1) is 9.09. The van der Waals surface area contributed by atoms with Crippen LogP contribution in [0.15, 0.2) is 36.7 Å². The average Bonchev–Trinajstić information content (AvgIpc) is 2.42. The smallest absolute Gasteiger partial charge is 0.333 e. The second kappa shape index (κ2) is 7.86. The number of hydrogen-bond donors (Lipinski definition) is 2. The predicted octanol–water partition coefficient (Wildman–Crippen LogP) is 1.00. The number of urea groups is 1. The van der Waals surface area contributed by atoms with Gasteiger partial charge in [-0.3, -0.25) is 4.98 Å². The normalized spacial score (nSPS) is 9.53. The number of aromatic nitrogens is 1. The number of nitrogens with one attached hydrogen (secondary N) is 2. The Bertz CT molecular complexity index is 446. The standard InChI is InChI=1S/C13H17N3O3/c1-10(2)12(17)19-7-6-15-13(18)16-9-11-4-3-5-14-8-11/h3-5,8H,1,6-7,9H2,2H3,(H2,15,16,18). The van der Waals surface area contributed by atoms with Crippen molar-refractivity contribution in [3.8, 4) is 0 Å². The van der Waals surface area contributed by atoms with Crippen LogP contribution in [0.2, 0.25) is 0 Å². The van der Waals surface area contributed by atoms with Gasteiger partial charge in [-0.15, -0.1) is 0 Å².